The largest absolute Gasteiger partial charge is 0.374 e. The van der Waals surface area contributed by atoms with Gasteiger partial charge >= 0.3 is 0 Å². The molecule has 18 heavy (non-hydrogen) atoms. The van der Waals surface area contributed by atoms with Crippen molar-refractivity contribution in [3.63, 3.8) is 0 Å². The molecule has 3 heteroatoms. The van der Waals surface area contributed by atoms with Gasteiger partial charge in [-0.15, -0.1) is 6.58 Å². The molecular formula is C15H30N2O. The van der Waals surface area contributed by atoms with Gasteiger partial charge in [0.05, 0.1) is 11.6 Å². The van der Waals surface area contributed by atoms with Gasteiger partial charge in [0.1, 0.15) is 0 Å². The maximum absolute atomic E-state index is 6.16. The fraction of sp³-hybridized carbons (Fsp3) is 0.867. The van der Waals surface area contributed by atoms with Crippen molar-refractivity contribution in [3.05, 3.63) is 12.7 Å². The average Bonchev–Trinajstić information content (AvgIpc) is 2.35. The first-order valence-corrected chi connectivity index (χ1v) is 7.39. The predicted octanol–water partition coefficient (Wildman–Crippen LogP) is 3.16. The van der Waals surface area contributed by atoms with Gasteiger partial charge in [-0.25, -0.2) is 0 Å². The number of unbranched alkanes of at least 4 members (excludes halogenated alkanes) is 1. The molecule has 3 unspecified atom stereocenters. The van der Waals surface area contributed by atoms with E-state index in [2.05, 4.69) is 25.9 Å². The van der Waals surface area contributed by atoms with E-state index in [-0.39, 0.29) is 11.6 Å². The zero-order valence-electron chi connectivity index (χ0n) is 12.1. The molecule has 0 amide bonds. The number of rotatable bonds is 8. The topological polar surface area (TPSA) is 47.3 Å². The van der Waals surface area contributed by atoms with Crippen molar-refractivity contribution in [2.75, 3.05) is 6.61 Å². The summed E-state index contributed by atoms with van der Waals surface area (Å²) >= 11 is 0. The van der Waals surface area contributed by atoms with Gasteiger partial charge in [-0.05, 0) is 44.9 Å². The lowest BCUT2D eigenvalue weighted by atomic mass is 9.73. The number of nitrogens with two attached hydrogens (primary N) is 1. The minimum absolute atomic E-state index is 0.0532. The Bertz CT molecular complexity index is 241. The van der Waals surface area contributed by atoms with Crippen LogP contribution in [0.4, 0.5) is 0 Å². The summed E-state index contributed by atoms with van der Waals surface area (Å²) in [5.74, 6) is 6.53. The summed E-state index contributed by atoms with van der Waals surface area (Å²) in [6, 6.07) is 0.264. The molecule has 0 saturated heterocycles. The van der Waals surface area contributed by atoms with Gasteiger partial charge in [-0.2, -0.15) is 0 Å². The Morgan fingerprint density at radius 2 is 2.39 bits per heavy atom. The van der Waals surface area contributed by atoms with Crippen molar-refractivity contribution in [2.24, 2.45) is 11.8 Å². The van der Waals surface area contributed by atoms with E-state index in [0.29, 0.717) is 0 Å². The van der Waals surface area contributed by atoms with E-state index in [0.717, 1.165) is 44.6 Å². The normalized spacial score (nSPS) is 30.1. The van der Waals surface area contributed by atoms with Crippen LogP contribution in [0.1, 0.15) is 58.8 Å². The molecule has 0 aromatic heterocycles. The lowest BCUT2D eigenvalue weighted by Crippen LogP contribution is -2.56. The van der Waals surface area contributed by atoms with Gasteiger partial charge in [0.2, 0.25) is 0 Å². The van der Waals surface area contributed by atoms with Crippen LogP contribution in [0, 0.1) is 5.92 Å². The van der Waals surface area contributed by atoms with E-state index in [4.69, 9.17) is 10.6 Å². The maximum atomic E-state index is 6.16. The Morgan fingerprint density at radius 3 is 2.94 bits per heavy atom. The number of ether oxygens (including phenoxy) is 1. The fourth-order valence-electron chi connectivity index (χ4n) is 3.34. The summed E-state index contributed by atoms with van der Waals surface area (Å²) in [6.07, 6.45) is 10.1. The summed E-state index contributed by atoms with van der Waals surface area (Å²) in [4.78, 5) is 0. The lowest BCUT2D eigenvalue weighted by molar-refractivity contribution is -0.102. The van der Waals surface area contributed by atoms with Crippen molar-refractivity contribution < 1.29 is 4.74 Å². The number of hydrogen-bond donors (Lipinski definition) is 2. The third-order valence-electron chi connectivity index (χ3n) is 4.16. The summed E-state index contributed by atoms with van der Waals surface area (Å²) in [5.41, 5.74) is 2.96. The predicted molar refractivity (Wildman–Crippen MR) is 77.1 cm³/mol. The average molecular weight is 254 g/mol. The minimum Gasteiger partial charge on any atom is -0.374 e. The summed E-state index contributed by atoms with van der Waals surface area (Å²) in [6.45, 7) is 8.95. The number of hydrogen-bond acceptors (Lipinski definition) is 3. The van der Waals surface area contributed by atoms with Crippen LogP contribution in [0.25, 0.3) is 0 Å². The molecule has 3 nitrogen and oxygen atoms in total. The number of allylic oxidation sites excluding steroid dienone is 1. The second-order valence-electron chi connectivity index (χ2n) is 5.64. The first kappa shape index (κ1) is 15.7. The highest BCUT2D eigenvalue weighted by atomic mass is 16.5. The van der Waals surface area contributed by atoms with E-state index in [1.165, 1.54) is 12.8 Å². The van der Waals surface area contributed by atoms with Crippen molar-refractivity contribution in [1.29, 1.82) is 0 Å². The molecule has 0 heterocycles. The Labute approximate surface area is 112 Å². The fourth-order valence-corrected chi connectivity index (χ4v) is 3.34. The van der Waals surface area contributed by atoms with Crippen LogP contribution < -0.4 is 11.3 Å². The van der Waals surface area contributed by atoms with Crippen LogP contribution in [-0.4, -0.2) is 18.2 Å². The molecule has 1 aliphatic carbocycles. The number of nitrogens with one attached hydrogen (secondary N) is 1. The molecule has 0 spiro atoms. The first-order chi connectivity index (χ1) is 8.68. The quantitative estimate of drug-likeness (QED) is 0.303. The zero-order valence-corrected chi connectivity index (χ0v) is 12.1. The molecular weight excluding hydrogens is 224 g/mol. The van der Waals surface area contributed by atoms with E-state index >= 15 is 0 Å². The Balaban J connectivity index is 2.69. The van der Waals surface area contributed by atoms with Crippen molar-refractivity contribution in [2.45, 2.75) is 70.4 Å². The highest BCUT2D eigenvalue weighted by Gasteiger charge is 2.41. The van der Waals surface area contributed by atoms with Crippen LogP contribution in [-0.2, 0) is 4.74 Å². The molecule has 106 valence electrons. The van der Waals surface area contributed by atoms with Crippen LogP contribution in [0.15, 0.2) is 12.7 Å². The molecule has 3 atom stereocenters. The van der Waals surface area contributed by atoms with Gasteiger partial charge in [-0.3, -0.25) is 11.3 Å². The molecule has 1 aliphatic rings. The molecule has 0 bridgehead atoms. The highest BCUT2D eigenvalue weighted by Crippen LogP contribution is 2.38. The second-order valence-corrected chi connectivity index (χ2v) is 5.64. The monoisotopic (exact) mass is 254 g/mol. The van der Waals surface area contributed by atoms with Crippen LogP contribution in [0.3, 0.4) is 0 Å². The Hall–Kier alpha value is -0.380. The van der Waals surface area contributed by atoms with Gasteiger partial charge < -0.3 is 4.74 Å². The van der Waals surface area contributed by atoms with Crippen LogP contribution in [0.2, 0.25) is 0 Å². The van der Waals surface area contributed by atoms with Crippen LogP contribution >= 0.6 is 0 Å². The van der Waals surface area contributed by atoms with E-state index < -0.39 is 0 Å². The molecule has 1 saturated carbocycles. The highest BCUT2D eigenvalue weighted by molar-refractivity contribution is 4.96. The standard InChI is InChI=1S/C15H30N2O/c1-4-6-7-10-14(17-16)15(18-5-2)11-8-9-13(3)12-15/h4,13-14,17H,1,5-12,16H2,2-3H3. The third-order valence-corrected chi connectivity index (χ3v) is 4.16. The van der Waals surface area contributed by atoms with E-state index in [9.17, 15) is 0 Å². The minimum atomic E-state index is -0.0532. The summed E-state index contributed by atoms with van der Waals surface area (Å²) in [7, 11) is 0. The van der Waals surface area contributed by atoms with Gasteiger partial charge in [-0.1, -0.05) is 25.8 Å². The second kappa shape index (κ2) is 7.93. The van der Waals surface area contributed by atoms with Crippen molar-refractivity contribution in [1.82, 2.24) is 5.43 Å². The SMILES string of the molecule is C=CCCCC(NN)C1(OCC)CCCC(C)C1. The molecule has 1 fully saturated rings. The molecule has 3 N–H and O–H groups in total. The smallest absolute Gasteiger partial charge is 0.0850 e. The Kier molecular flexibility index (Phi) is 6.90. The molecule has 0 radical (unpaired) electrons. The van der Waals surface area contributed by atoms with Crippen molar-refractivity contribution >= 4 is 0 Å². The molecule has 1 rings (SSSR count). The van der Waals surface area contributed by atoms with E-state index in [1.54, 1.807) is 0 Å². The third kappa shape index (κ3) is 4.08. The molecule has 0 aromatic rings. The first-order valence-electron chi connectivity index (χ1n) is 7.39. The van der Waals surface area contributed by atoms with Gasteiger partial charge in [0, 0.05) is 6.61 Å². The molecule has 0 aliphatic heterocycles. The van der Waals surface area contributed by atoms with Gasteiger partial charge in [0.25, 0.3) is 0 Å². The Morgan fingerprint density at radius 1 is 1.61 bits per heavy atom. The van der Waals surface area contributed by atoms with Gasteiger partial charge in [0.15, 0.2) is 0 Å². The lowest BCUT2D eigenvalue weighted by Gasteiger charge is -2.45. The summed E-state index contributed by atoms with van der Waals surface area (Å²) in [5, 5.41) is 0. The van der Waals surface area contributed by atoms with Crippen LogP contribution in [0.5, 0.6) is 0 Å². The van der Waals surface area contributed by atoms with E-state index in [1.807, 2.05) is 6.08 Å². The van der Waals surface area contributed by atoms with Crippen molar-refractivity contribution in [3.8, 4) is 0 Å². The summed E-state index contributed by atoms with van der Waals surface area (Å²) < 4.78 is 6.16. The number of hydrazine groups is 1. The maximum Gasteiger partial charge on any atom is 0.0850 e. The molecule has 0 aromatic carbocycles. The zero-order chi connectivity index (χ0) is 13.4.